The lowest BCUT2D eigenvalue weighted by Crippen LogP contribution is -2.27. The molecule has 1 aromatic carbocycles. The van der Waals surface area contributed by atoms with Crippen molar-refractivity contribution < 1.29 is 9.53 Å². The maximum atomic E-state index is 12.0. The molecule has 0 saturated carbocycles. The van der Waals surface area contributed by atoms with Gasteiger partial charge in [0.1, 0.15) is 6.54 Å². The molecule has 3 aromatic rings. The first-order valence-corrected chi connectivity index (χ1v) is 11.1. The molecule has 33 heavy (non-hydrogen) atoms. The first-order valence-electron chi connectivity index (χ1n) is 11.1. The number of carbonyl (C=O) groups is 1. The second-order valence-electron chi connectivity index (χ2n) is 8.56. The molecule has 1 amide bonds. The van der Waals surface area contributed by atoms with Crippen LogP contribution in [0, 0.1) is 18.3 Å². The molecule has 2 unspecified atom stereocenters. The summed E-state index contributed by atoms with van der Waals surface area (Å²) in [6.07, 6.45) is 10.6. The second-order valence-corrected chi connectivity index (χ2v) is 8.56. The molecule has 2 aliphatic heterocycles. The van der Waals surface area contributed by atoms with Crippen molar-refractivity contribution in [3.05, 3.63) is 54.0 Å². The summed E-state index contributed by atoms with van der Waals surface area (Å²) in [4.78, 5) is 21.1. The topological polar surface area (TPSA) is 118 Å². The third kappa shape index (κ3) is 4.56. The summed E-state index contributed by atoms with van der Waals surface area (Å²) in [5.74, 6) is 0.206. The average molecular weight is 444 g/mol. The summed E-state index contributed by atoms with van der Waals surface area (Å²) >= 11 is 0. The van der Waals surface area contributed by atoms with Gasteiger partial charge in [-0.1, -0.05) is 12.1 Å². The van der Waals surface area contributed by atoms with Crippen molar-refractivity contribution in [2.75, 3.05) is 11.9 Å². The van der Waals surface area contributed by atoms with Crippen molar-refractivity contribution in [1.82, 2.24) is 25.1 Å². The highest BCUT2D eigenvalue weighted by Crippen LogP contribution is 2.38. The number of aromatic nitrogens is 4. The van der Waals surface area contributed by atoms with Crippen molar-refractivity contribution in [2.45, 2.75) is 50.9 Å². The summed E-state index contributed by atoms with van der Waals surface area (Å²) in [6.45, 7) is 1.93. The van der Waals surface area contributed by atoms with Gasteiger partial charge in [0, 0.05) is 23.5 Å². The van der Waals surface area contributed by atoms with Crippen molar-refractivity contribution in [3.8, 4) is 17.3 Å². The standard InChI is InChI=1S/C24H25N7O2/c1-15-12-27-24(30-22(15)16-2-4-17(5-3-16)23(32)26-9-8-25)29-18-13-28-31(14-18)19-10-20-6-7-21(11-19)33-20/h2-5,12-14,19-21H,6-7,9-11H2,1H3,(H,26,32)(H,27,29,30). The van der Waals surface area contributed by atoms with Gasteiger partial charge in [-0.25, -0.2) is 9.97 Å². The van der Waals surface area contributed by atoms with Crippen LogP contribution >= 0.6 is 0 Å². The predicted molar refractivity (Wildman–Crippen MR) is 122 cm³/mol. The number of anilines is 2. The van der Waals surface area contributed by atoms with E-state index >= 15 is 0 Å². The number of nitrogens with one attached hydrogen (secondary N) is 2. The molecular weight excluding hydrogens is 418 g/mol. The Hall–Kier alpha value is -3.77. The molecule has 2 aliphatic rings. The van der Waals surface area contributed by atoms with E-state index in [9.17, 15) is 4.79 Å². The molecule has 2 atom stereocenters. The number of nitriles is 1. The Morgan fingerprint density at radius 1 is 1.21 bits per heavy atom. The van der Waals surface area contributed by atoms with E-state index in [1.54, 1.807) is 24.5 Å². The van der Waals surface area contributed by atoms with E-state index < -0.39 is 0 Å². The van der Waals surface area contributed by atoms with Crippen molar-refractivity contribution in [1.29, 1.82) is 5.26 Å². The van der Waals surface area contributed by atoms with Crippen LogP contribution in [0.3, 0.4) is 0 Å². The summed E-state index contributed by atoms with van der Waals surface area (Å²) in [6, 6.07) is 9.40. The van der Waals surface area contributed by atoms with E-state index in [1.807, 2.05) is 36.0 Å². The van der Waals surface area contributed by atoms with E-state index in [1.165, 1.54) is 0 Å². The minimum atomic E-state index is -0.278. The number of nitrogens with zero attached hydrogens (tertiary/aromatic N) is 5. The Bertz CT molecular complexity index is 1190. The number of hydrogen-bond donors (Lipinski definition) is 2. The lowest BCUT2D eigenvalue weighted by Gasteiger charge is -2.28. The highest BCUT2D eigenvalue weighted by molar-refractivity contribution is 5.94. The molecular formula is C24H25N7O2. The van der Waals surface area contributed by atoms with Crippen LogP contribution in [-0.4, -0.2) is 44.4 Å². The van der Waals surface area contributed by atoms with Crippen LogP contribution in [0.2, 0.25) is 0 Å². The summed E-state index contributed by atoms with van der Waals surface area (Å²) in [5.41, 5.74) is 3.92. The van der Waals surface area contributed by atoms with E-state index in [4.69, 9.17) is 15.0 Å². The number of amides is 1. The lowest BCUT2D eigenvalue weighted by atomic mass is 10.0. The molecule has 9 heteroatoms. The van der Waals surface area contributed by atoms with Gasteiger partial charge < -0.3 is 15.4 Å². The van der Waals surface area contributed by atoms with Crippen LogP contribution in [0.4, 0.5) is 11.6 Å². The molecule has 0 radical (unpaired) electrons. The van der Waals surface area contributed by atoms with Gasteiger partial charge in [0.2, 0.25) is 5.95 Å². The number of hydrogen-bond acceptors (Lipinski definition) is 7. The summed E-state index contributed by atoms with van der Waals surface area (Å²) < 4.78 is 7.97. The molecule has 5 rings (SSSR count). The van der Waals surface area contributed by atoms with Crippen LogP contribution in [0.1, 0.15) is 47.6 Å². The van der Waals surface area contributed by atoms with E-state index in [2.05, 4.69) is 20.7 Å². The fraction of sp³-hybridized carbons (Fsp3) is 0.375. The second kappa shape index (κ2) is 9.00. The minimum absolute atomic E-state index is 0.0209. The summed E-state index contributed by atoms with van der Waals surface area (Å²) in [5, 5.41) is 19.0. The van der Waals surface area contributed by atoms with Gasteiger partial charge in [0.25, 0.3) is 5.91 Å². The van der Waals surface area contributed by atoms with Crippen LogP contribution in [0.25, 0.3) is 11.3 Å². The maximum absolute atomic E-state index is 12.0. The predicted octanol–water partition coefficient (Wildman–Crippen LogP) is 3.53. The molecule has 168 valence electrons. The highest BCUT2D eigenvalue weighted by Gasteiger charge is 2.36. The van der Waals surface area contributed by atoms with Crippen molar-refractivity contribution >= 4 is 17.5 Å². The fourth-order valence-corrected chi connectivity index (χ4v) is 4.57. The molecule has 9 nitrogen and oxygen atoms in total. The van der Waals surface area contributed by atoms with Gasteiger partial charge in [0.05, 0.1) is 41.9 Å². The first-order chi connectivity index (χ1) is 16.1. The SMILES string of the molecule is Cc1cnc(Nc2cnn(C3CC4CCC(C3)O4)c2)nc1-c1ccc(C(=O)NCC#N)cc1. The van der Waals surface area contributed by atoms with Crippen LogP contribution in [0.15, 0.2) is 42.9 Å². The highest BCUT2D eigenvalue weighted by atomic mass is 16.5. The maximum Gasteiger partial charge on any atom is 0.252 e. The zero-order chi connectivity index (χ0) is 22.8. The normalized spacial score (nSPS) is 21.4. The molecule has 2 saturated heterocycles. The molecule has 4 heterocycles. The molecule has 2 aromatic heterocycles. The smallest absolute Gasteiger partial charge is 0.252 e. The van der Waals surface area contributed by atoms with E-state index in [-0.39, 0.29) is 12.5 Å². The molecule has 2 N–H and O–H groups in total. The Balaban J connectivity index is 1.30. The Kier molecular flexibility index (Phi) is 5.75. The van der Waals surface area contributed by atoms with Crippen LogP contribution in [-0.2, 0) is 4.74 Å². The van der Waals surface area contributed by atoms with Crippen LogP contribution < -0.4 is 10.6 Å². The summed E-state index contributed by atoms with van der Waals surface area (Å²) in [7, 11) is 0. The molecule has 2 fully saturated rings. The molecule has 0 spiro atoms. The van der Waals surface area contributed by atoms with E-state index in [0.717, 1.165) is 48.2 Å². The zero-order valence-electron chi connectivity index (χ0n) is 18.4. The zero-order valence-corrected chi connectivity index (χ0v) is 18.4. The van der Waals surface area contributed by atoms with Gasteiger partial charge in [-0.05, 0) is 50.3 Å². The van der Waals surface area contributed by atoms with Crippen molar-refractivity contribution in [2.24, 2.45) is 0 Å². The Labute approximate surface area is 191 Å². The third-order valence-electron chi connectivity index (χ3n) is 6.22. The Morgan fingerprint density at radius 3 is 2.70 bits per heavy atom. The van der Waals surface area contributed by atoms with Crippen LogP contribution in [0.5, 0.6) is 0 Å². The Morgan fingerprint density at radius 2 is 1.97 bits per heavy atom. The minimum Gasteiger partial charge on any atom is -0.375 e. The lowest BCUT2D eigenvalue weighted by molar-refractivity contribution is -0.0180. The van der Waals surface area contributed by atoms with Gasteiger partial charge in [-0.15, -0.1) is 0 Å². The van der Waals surface area contributed by atoms with Gasteiger partial charge >= 0.3 is 0 Å². The molecule has 0 aliphatic carbocycles. The fourth-order valence-electron chi connectivity index (χ4n) is 4.57. The molecule has 2 bridgehead atoms. The van der Waals surface area contributed by atoms with Gasteiger partial charge in [-0.2, -0.15) is 10.4 Å². The number of aryl methyl sites for hydroxylation is 1. The number of benzene rings is 1. The number of carbonyl (C=O) groups excluding carboxylic acids is 1. The van der Waals surface area contributed by atoms with Gasteiger partial charge in [-0.3, -0.25) is 9.48 Å². The monoisotopic (exact) mass is 443 g/mol. The van der Waals surface area contributed by atoms with Crippen molar-refractivity contribution in [3.63, 3.8) is 0 Å². The number of ether oxygens (including phenoxy) is 1. The number of rotatable bonds is 6. The number of fused-ring (bicyclic) bond motifs is 2. The average Bonchev–Trinajstić information content (AvgIpc) is 3.44. The van der Waals surface area contributed by atoms with Gasteiger partial charge in [0.15, 0.2) is 0 Å². The van der Waals surface area contributed by atoms with E-state index in [0.29, 0.717) is 29.8 Å². The quantitative estimate of drug-likeness (QED) is 0.560. The largest absolute Gasteiger partial charge is 0.375 e. The first kappa shape index (κ1) is 21.1. The third-order valence-corrected chi connectivity index (χ3v) is 6.22.